The summed E-state index contributed by atoms with van der Waals surface area (Å²) in [6, 6.07) is 7.55. The average Bonchev–Trinajstić information content (AvgIpc) is 2.20. The van der Waals surface area contributed by atoms with Crippen LogP contribution >= 0.6 is 11.6 Å². The van der Waals surface area contributed by atoms with Gasteiger partial charge in [-0.2, -0.15) is 0 Å². The van der Waals surface area contributed by atoms with Gasteiger partial charge in [-0.05, 0) is 31.0 Å². The highest BCUT2D eigenvalue weighted by atomic mass is 35.5. The highest BCUT2D eigenvalue weighted by Gasteiger charge is 2.27. The predicted molar refractivity (Wildman–Crippen MR) is 72.2 cm³/mol. The number of hydrogen-bond donors (Lipinski definition) is 1. The standard InChI is InChI=1S/C14H20ClNO/c1-10(16)8-13(17)14(2,3)9-11-4-6-12(15)7-5-11/h4-7,10H,8-9,16H2,1-3H3. The molecule has 0 bridgehead atoms. The summed E-state index contributed by atoms with van der Waals surface area (Å²) < 4.78 is 0. The van der Waals surface area contributed by atoms with E-state index in [1.54, 1.807) is 0 Å². The monoisotopic (exact) mass is 253 g/mol. The van der Waals surface area contributed by atoms with Crippen molar-refractivity contribution in [2.75, 3.05) is 0 Å². The first-order valence-corrected chi connectivity index (χ1v) is 6.22. The Morgan fingerprint density at radius 3 is 2.35 bits per heavy atom. The molecule has 17 heavy (non-hydrogen) atoms. The van der Waals surface area contributed by atoms with Crippen LogP contribution in [0, 0.1) is 5.41 Å². The number of benzene rings is 1. The molecular weight excluding hydrogens is 234 g/mol. The minimum absolute atomic E-state index is 0.0769. The number of nitrogens with two attached hydrogens (primary N) is 1. The lowest BCUT2D eigenvalue weighted by atomic mass is 9.79. The summed E-state index contributed by atoms with van der Waals surface area (Å²) in [5.41, 5.74) is 6.41. The third-order valence-corrected chi connectivity index (χ3v) is 3.07. The first kappa shape index (κ1) is 14.2. The van der Waals surface area contributed by atoms with Crippen LogP contribution in [0.3, 0.4) is 0 Å². The number of carbonyl (C=O) groups excluding carboxylic acids is 1. The van der Waals surface area contributed by atoms with E-state index in [0.717, 1.165) is 12.0 Å². The molecule has 0 aromatic heterocycles. The van der Waals surface area contributed by atoms with Gasteiger partial charge in [-0.1, -0.05) is 37.6 Å². The van der Waals surface area contributed by atoms with Crippen LogP contribution in [0.2, 0.25) is 5.02 Å². The molecule has 2 N–H and O–H groups in total. The molecule has 0 heterocycles. The molecule has 0 aliphatic carbocycles. The van der Waals surface area contributed by atoms with Gasteiger partial charge in [-0.25, -0.2) is 0 Å². The molecular formula is C14H20ClNO. The fourth-order valence-electron chi connectivity index (χ4n) is 1.78. The largest absolute Gasteiger partial charge is 0.328 e. The highest BCUT2D eigenvalue weighted by Crippen LogP contribution is 2.25. The summed E-state index contributed by atoms with van der Waals surface area (Å²) in [5, 5.41) is 0.716. The Labute approximate surface area is 108 Å². The second-order valence-electron chi connectivity index (χ2n) is 5.29. The highest BCUT2D eigenvalue weighted by molar-refractivity contribution is 6.30. The fraction of sp³-hybridized carbons (Fsp3) is 0.500. The van der Waals surface area contributed by atoms with Gasteiger partial charge < -0.3 is 5.73 Å². The smallest absolute Gasteiger partial charge is 0.140 e. The van der Waals surface area contributed by atoms with Crippen LogP contribution in [0.4, 0.5) is 0 Å². The predicted octanol–water partition coefficient (Wildman–Crippen LogP) is 3.22. The Hall–Kier alpha value is -0.860. The third kappa shape index (κ3) is 4.49. The molecule has 0 saturated carbocycles. The maximum atomic E-state index is 12.0. The average molecular weight is 254 g/mol. The minimum atomic E-state index is -0.374. The molecule has 0 spiro atoms. The van der Waals surface area contributed by atoms with E-state index in [4.69, 9.17) is 17.3 Å². The van der Waals surface area contributed by atoms with Crippen LogP contribution < -0.4 is 5.73 Å². The van der Waals surface area contributed by atoms with Crippen molar-refractivity contribution in [2.24, 2.45) is 11.1 Å². The van der Waals surface area contributed by atoms with E-state index in [0.29, 0.717) is 11.4 Å². The van der Waals surface area contributed by atoms with Crippen molar-refractivity contribution in [3.63, 3.8) is 0 Å². The zero-order valence-electron chi connectivity index (χ0n) is 10.7. The summed E-state index contributed by atoms with van der Waals surface area (Å²) in [5.74, 6) is 0.211. The van der Waals surface area contributed by atoms with Gasteiger partial charge in [0.2, 0.25) is 0 Å². The van der Waals surface area contributed by atoms with E-state index in [2.05, 4.69) is 0 Å². The Kier molecular flexibility index (Phi) is 4.72. The van der Waals surface area contributed by atoms with Gasteiger partial charge in [0.15, 0.2) is 0 Å². The van der Waals surface area contributed by atoms with E-state index in [1.807, 2.05) is 45.0 Å². The van der Waals surface area contributed by atoms with Gasteiger partial charge in [0.1, 0.15) is 5.78 Å². The minimum Gasteiger partial charge on any atom is -0.328 e. The lowest BCUT2D eigenvalue weighted by molar-refractivity contribution is -0.127. The molecule has 1 unspecified atom stereocenters. The maximum Gasteiger partial charge on any atom is 0.140 e. The van der Waals surface area contributed by atoms with E-state index < -0.39 is 0 Å². The lowest BCUT2D eigenvalue weighted by Gasteiger charge is -2.24. The van der Waals surface area contributed by atoms with Crippen molar-refractivity contribution in [3.05, 3.63) is 34.9 Å². The summed E-state index contributed by atoms with van der Waals surface area (Å²) in [7, 11) is 0. The molecule has 0 aliphatic rings. The van der Waals surface area contributed by atoms with Crippen LogP contribution in [0.15, 0.2) is 24.3 Å². The SMILES string of the molecule is CC(N)CC(=O)C(C)(C)Cc1ccc(Cl)cc1. The zero-order valence-corrected chi connectivity index (χ0v) is 11.4. The van der Waals surface area contributed by atoms with Crippen LogP contribution in [0.25, 0.3) is 0 Å². The fourth-order valence-corrected chi connectivity index (χ4v) is 1.91. The van der Waals surface area contributed by atoms with Crippen molar-refractivity contribution < 1.29 is 4.79 Å². The van der Waals surface area contributed by atoms with Crippen LogP contribution in [0.5, 0.6) is 0 Å². The quantitative estimate of drug-likeness (QED) is 0.876. The van der Waals surface area contributed by atoms with Crippen molar-refractivity contribution in [3.8, 4) is 0 Å². The summed E-state index contributed by atoms with van der Waals surface area (Å²) >= 11 is 5.83. The van der Waals surface area contributed by atoms with Gasteiger partial charge in [-0.3, -0.25) is 4.79 Å². The molecule has 1 aromatic carbocycles. The van der Waals surface area contributed by atoms with Crippen LogP contribution in [-0.4, -0.2) is 11.8 Å². The molecule has 1 aromatic rings. The first-order valence-electron chi connectivity index (χ1n) is 5.84. The van der Waals surface area contributed by atoms with Gasteiger partial charge in [-0.15, -0.1) is 0 Å². The maximum absolute atomic E-state index is 12.0. The first-order chi connectivity index (χ1) is 7.81. The molecule has 0 aliphatic heterocycles. The van der Waals surface area contributed by atoms with E-state index in [1.165, 1.54) is 0 Å². The Morgan fingerprint density at radius 2 is 1.88 bits per heavy atom. The molecule has 0 radical (unpaired) electrons. The van der Waals surface area contributed by atoms with Gasteiger partial charge in [0.05, 0.1) is 0 Å². The van der Waals surface area contributed by atoms with Crippen LogP contribution in [-0.2, 0) is 11.2 Å². The van der Waals surface area contributed by atoms with Crippen molar-refractivity contribution in [2.45, 2.75) is 39.7 Å². The second kappa shape index (κ2) is 5.65. The normalized spacial score (nSPS) is 13.5. The number of Topliss-reactive ketones (excluding diaryl/α,β-unsaturated/α-hetero) is 1. The summed E-state index contributed by atoms with van der Waals surface area (Å²) in [6.07, 6.45) is 1.15. The molecule has 2 nitrogen and oxygen atoms in total. The Balaban J connectivity index is 2.71. The van der Waals surface area contributed by atoms with Gasteiger partial charge in [0, 0.05) is 22.9 Å². The van der Waals surface area contributed by atoms with E-state index in [9.17, 15) is 4.79 Å². The molecule has 94 valence electrons. The van der Waals surface area contributed by atoms with Crippen molar-refractivity contribution in [1.82, 2.24) is 0 Å². The number of rotatable bonds is 5. The van der Waals surface area contributed by atoms with Gasteiger partial charge in [0.25, 0.3) is 0 Å². The molecule has 0 saturated heterocycles. The summed E-state index contributed by atoms with van der Waals surface area (Å²) in [4.78, 5) is 12.0. The molecule has 3 heteroatoms. The van der Waals surface area contributed by atoms with E-state index >= 15 is 0 Å². The van der Waals surface area contributed by atoms with Crippen molar-refractivity contribution >= 4 is 17.4 Å². The Morgan fingerprint density at radius 1 is 1.35 bits per heavy atom. The number of halogens is 1. The zero-order chi connectivity index (χ0) is 13.1. The Bertz CT molecular complexity index is 382. The van der Waals surface area contributed by atoms with Gasteiger partial charge >= 0.3 is 0 Å². The van der Waals surface area contributed by atoms with Crippen molar-refractivity contribution in [1.29, 1.82) is 0 Å². The summed E-state index contributed by atoms with van der Waals surface area (Å²) in [6.45, 7) is 5.79. The molecule has 1 atom stereocenters. The third-order valence-electron chi connectivity index (χ3n) is 2.82. The number of carbonyl (C=O) groups is 1. The number of ketones is 1. The topological polar surface area (TPSA) is 43.1 Å². The number of hydrogen-bond acceptors (Lipinski definition) is 2. The second-order valence-corrected chi connectivity index (χ2v) is 5.73. The molecule has 0 amide bonds. The molecule has 0 fully saturated rings. The van der Waals surface area contributed by atoms with E-state index in [-0.39, 0.29) is 17.2 Å². The lowest BCUT2D eigenvalue weighted by Crippen LogP contribution is -2.31. The van der Waals surface area contributed by atoms with Crippen LogP contribution in [0.1, 0.15) is 32.8 Å². The molecule has 1 rings (SSSR count).